The molecule has 0 spiro atoms. The third kappa shape index (κ3) is 3.15. The topological polar surface area (TPSA) is 130 Å². The number of aryl methyl sites for hydroxylation is 2. The van der Waals surface area contributed by atoms with Gasteiger partial charge in [-0.05, 0) is 31.2 Å². The van der Waals surface area contributed by atoms with Gasteiger partial charge in [0, 0.05) is 37.0 Å². The second-order valence-corrected chi connectivity index (χ2v) is 7.81. The van der Waals surface area contributed by atoms with Crippen molar-refractivity contribution in [1.29, 1.82) is 5.26 Å². The Kier molecular flexibility index (Phi) is 4.52. The fourth-order valence-electron chi connectivity index (χ4n) is 4.15. The number of benzene rings is 1. The van der Waals surface area contributed by atoms with Crippen LogP contribution in [0.4, 0.5) is 10.2 Å². The molecule has 4 aromatic rings. The average Bonchev–Trinajstić information content (AvgIpc) is 3.24. The molecule has 11 heteroatoms. The van der Waals surface area contributed by atoms with Gasteiger partial charge in [-0.15, -0.1) is 0 Å². The van der Waals surface area contributed by atoms with Crippen molar-refractivity contribution in [3.63, 3.8) is 0 Å². The van der Waals surface area contributed by atoms with Crippen LogP contribution in [0.1, 0.15) is 35.8 Å². The summed E-state index contributed by atoms with van der Waals surface area (Å²) in [6.45, 7) is 1.73. The molecule has 166 valence electrons. The molecule has 0 saturated heterocycles. The van der Waals surface area contributed by atoms with E-state index in [0.717, 1.165) is 0 Å². The van der Waals surface area contributed by atoms with Crippen molar-refractivity contribution in [2.45, 2.75) is 19.4 Å². The average molecular weight is 446 g/mol. The highest BCUT2D eigenvalue weighted by molar-refractivity contribution is 5.74. The Balaban J connectivity index is 1.88. The maximum Gasteiger partial charge on any atom is 0.350 e. The van der Waals surface area contributed by atoms with E-state index in [1.54, 1.807) is 26.2 Å². The van der Waals surface area contributed by atoms with Crippen LogP contribution in [0.15, 0.2) is 35.3 Å². The van der Waals surface area contributed by atoms with E-state index in [1.165, 1.54) is 39.2 Å². The van der Waals surface area contributed by atoms with Gasteiger partial charge in [-0.1, -0.05) is 0 Å². The molecular formula is C22H19FN8O2. The normalized spacial score (nSPS) is 14.7. The van der Waals surface area contributed by atoms with Crippen molar-refractivity contribution in [3.8, 4) is 28.6 Å². The zero-order chi connectivity index (χ0) is 23.4. The lowest BCUT2D eigenvalue weighted by Crippen LogP contribution is -2.24. The number of anilines is 1. The number of nitrogens with zero attached hydrogens (tertiary/aromatic N) is 7. The molecule has 33 heavy (non-hydrogen) atoms. The first-order valence-corrected chi connectivity index (χ1v) is 10.1. The number of fused-ring (bicyclic) bond motifs is 7. The minimum absolute atomic E-state index is 0.142. The van der Waals surface area contributed by atoms with Crippen molar-refractivity contribution in [2.24, 2.45) is 14.1 Å². The molecule has 0 fully saturated rings. The largest absolute Gasteiger partial charge is 0.482 e. The summed E-state index contributed by atoms with van der Waals surface area (Å²) < 4.78 is 24.4. The van der Waals surface area contributed by atoms with Crippen molar-refractivity contribution in [1.82, 2.24) is 29.1 Å². The summed E-state index contributed by atoms with van der Waals surface area (Å²) in [4.78, 5) is 17.3. The van der Waals surface area contributed by atoms with Crippen LogP contribution >= 0.6 is 0 Å². The summed E-state index contributed by atoms with van der Waals surface area (Å²) in [5.41, 5.74) is 8.50. The molecule has 0 aliphatic carbocycles. The van der Waals surface area contributed by atoms with E-state index in [0.29, 0.717) is 39.6 Å². The summed E-state index contributed by atoms with van der Waals surface area (Å²) in [7, 11) is 3.20. The maximum absolute atomic E-state index is 14.2. The van der Waals surface area contributed by atoms with Crippen LogP contribution in [0, 0.1) is 17.1 Å². The smallest absolute Gasteiger partial charge is 0.350 e. The Hall–Kier alpha value is -4.46. The Morgan fingerprint density at radius 1 is 1.24 bits per heavy atom. The Morgan fingerprint density at radius 2 is 2.03 bits per heavy atom. The first kappa shape index (κ1) is 20.4. The van der Waals surface area contributed by atoms with Crippen LogP contribution in [0.5, 0.6) is 5.75 Å². The summed E-state index contributed by atoms with van der Waals surface area (Å²) >= 11 is 0. The fraction of sp³-hybridized carbons (Fsp3) is 0.227. The number of nitrogen functional groups attached to an aromatic ring is 1. The van der Waals surface area contributed by atoms with Crippen LogP contribution < -0.4 is 16.2 Å². The second kappa shape index (κ2) is 7.30. The molecule has 1 aliphatic rings. The maximum atomic E-state index is 14.2. The zero-order valence-corrected chi connectivity index (χ0v) is 18.1. The number of nitriles is 1. The molecule has 5 rings (SSSR count). The van der Waals surface area contributed by atoms with Crippen molar-refractivity contribution < 1.29 is 9.13 Å². The second-order valence-electron chi connectivity index (χ2n) is 7.81. The number of rotatable bonds is 0. The van der Waals surface area contributed by atoms with E-state index in [-0.39, 0.29) is 18.0 Å². The predicted molar refractivity (Wildman–Crippen MR) is 116 cm³/mol. The Morgan fingerprint density at radius 3 is 2.79 bits per heavy atom. The Bertz CT molecular complexity index is 1520. The number of pyridine rings is 1. The number of hydrogen-bond donors (Lipinski definition) is 1. The van der Waals surface area contributed by atoms with Gasteiger partial charge in [-0.2, -0.15) is 15.5 Å². The molecule has 0 saturated carbocycles. The van der Waals surface area contributed by atoms with Crippen LogP contribution in [0.3, 0.4) is 0 Å². The summed E-state index contributed by atoms with van der Waals surface area (Å²) in [5.74, 6) is 0.327. The van der Waals surface area contributed by atoms with Gasteiger partial charge >= 0.3 is 5.69 Å². The van der Waals surface area contributed by atoms with Crippen molar-refractivity contribution >= 4 is 5.82 Å². The molecule has 0 radical (unpaired) electrons. The minimum Gasteiger partial charge on any atom is -0.482 e. The first-order valence-electron chi connectivity index (χ1n) is 10.1. The van der Waals surface area contributed by atoms with E-state index in [4.69, 9.17) is 10.5 Å². The quantitative estimate of drug-likeness (QED) is 0.437. The SMILES string of the molecule is CC1Oc2cc(cnc2N)-c2c(nn(C)c2C#N)Cc2nn(C)c(=O)n2-c2ccc(F)cc21. The van der Waals surface area contributed by atoms with Gasteiger partial charge in [0.25, 0.3) is 0 Å². The fourth-order valence-corrected chi connectivity index (χ4v) is 4.15. The van der Waals surface area contributed by atoms with Crippen LogP contribution in [0.25, 0.3) is 16.8 Å². The molecule has 0 amide bonds. The standard InChI is InChI=1S/C22H19FN8O2/c1-11-14-7-13(23)4-5-16(14)31-19(28-30(3)22(31)32)8-15-20(17(9-24)29(2)27-15)12-6-18(33-11)21(25)26-10-12/h4-7,10-11H,8H2,1-3H3,(H2,25,26). The minimum atomic E-state index is -0.682. The molecular weight excluding hydrogens is 427 g/mol. The molecule has 1 aromatic carbocycles. The van der Waals surface area contributed by atoms with E-state index < -0.39 is 17.6 Å². The lowest BCUT2D eigenvalue weighted by molar-refractivity contribution is 0.227. The molecule has 10 nitrogen and oxygen atoms in total. The number of ether oxygens (including phenoxy) is 1. The van der Waals surface area contributed by atoms with Gasteiger partial charge in [-0.25, -0.2) is 23.4 Å². The third-order valence-electron chi connectivity index (χ3n) is 5.69. The lowest BCUT2D eigenvalue weighted by atomic mass is 10.0. The van der Waals surface area contributed by atoms with Crippen molar-refractivity contribution in [2.75, 3.05) is 5.73 Å². The van der Waals surface area contributed by atoms with Gasteiger partial charge in [0.05, 0.1) is 17.8 Å². The molecule has 3 aromatic heterocycles. The molecule has 1 aliphatic heterocycles. The highest BCUT2D eigenvalue weighted by Gasteiger charge is 2.26. The first-order chi connectivity index (χ1) is 15.8. The van der Waals surface area contributed by atoms with E-state index in [9.17, 15) is 14.4 Å². The van der Waals surface area contributed by atoms with Crippen molar-refractivity contribution in [3.05, 3.63) is 69.5 Å². The summed E-state index contributed by atoms with van der Waals surface area (Å²) in [5, 5.41) is 18.7. The molecule has 4 heterocycles. The van der Waals surface area contributed by atoms with Crippen LogP contribution in [-0.4, -0.2) is 29.1 Å². The van der Waals surface area contributed by atoms with Gasteiger partial charge in [0.1, 0.15) is 29.5 Å². The lowest BCUT2D eigenvalue weighted by Gasteiger charge is -2.21. The number of hydrogen-bond acceptors (Lipinski definition) is 7. The highest BCUT2D eigenvalue weighted by Crippen LogP contribution is 2.36. The molecule has 2 bridgehead atoms. The van der Waals surface area contributed by atoms with Gasteiger partial charge in [0.15, 0.2) is 11.6 Å². The monoisotopic (exact) mass is 446 g/mol. The van der Waals surface area contributed by atoms with Gasteiger partial charge in [-0.3, -0.25) is 4.68 Å². The number of aromatic nitrogens is 6. The zero-order valence-electron chi connectivity index (χ0n) is 18.1. The molecule has 1 unspecified atom stereocenters. The van der Waals surface area contributed by atoms with Crippen LogP contribution in [-0.2, 0) is 20.5 Å². The van der Waals surface area contributed by atoms with Crippen LogP contribution in [0.2, 0.25) is 0 Å². The van der Waals surface area contributed by atoms with Gasteiger partial charge < -0.3 is 10.5 Å². The van der Waals surface area contributed by atoms with E-state index in [2.05, 4.69) is 21.3 Å². The molecule has 2 N–H and O–H groups in total. The molecule has 1 atom stereocenters. The third-order valence-corrected chi connectivity index (χ3v) is 5.69. The summed E-state index contributed by atoms with van der Waals surface area (Å²) in [6.07, 6.45) is 1.00. The predicted octanol–water partition coefficient (Wildman–Crippen LogP) is 2.00. The van der Waals surface area contributed by atoms with E-state index >= 15 is 0 Å². The van der Waals surface area contributed by atoms with Gasteiger partial charge in [0.2, 0.25) is 0 Å². The highest BCUT2D eigenvalue weighted by atomic mass is 19.1. The number of nitrogens with two attached hydrogens (primary N) is 1. The number of halogens is 1. The Labute approximate surface area is 187 Å². The summed E-state index contributed by atoms with van der Waals surface area (Å²) in [6, 6.07) is 7.97. The van der Waals surface area contributed by atoms with E-state index in [1.807, 2.05) is 0 Å².